The molecule has 4 nitrogen and oxygen atoms in total. The van der Waals surface area contributed by atoms with Crippen molar-refractivity contribution >= 4 is 17.5 Å². The highest BCUT2D eigenvalue weighted by Gasteiger charge is 2.62. The minimum atomic E-state index is -0.803. The molecule has 3 aliphatic carbocycles. The van der Waals surface area contributed by atoms with Crippen molar-refractivity contribution in [3.8, 4) is 0 Å². The van der Waals surface area contributed by atoms with Gasteiger partial charge in [-0.1, -0.05) is 25.0 Å². The van der Waals surface area contributed by atoms with Gasteiger partial charge in [-0.05, 0) is 74.5 Å². The van der Waals surface area contributed by atoms with Crippen molar-refractivity contribution in [1.82, 2.24) is 0 Å². The Balaban J connectivity index is 1.57. The number of methoxy groups -OCH3 is 1. The number of ether oxygens (including phenoxy) is 1. The number of carbonyl (C=O) groups is 3. The van der Waals surface area contributed by atoms with E-state index < -0.39 is 11.8 Å². The molecule has 2 unspecified atom stereocenters. The fraction of sp³-hybridized carbons (Fsp3) is 0.783. The molecule has 0 spiro atoms. The molecular formula is C23H34O4. The molecule has 4 heteroatoms. The Bertz CT molecular complexity index is 607. The lowest BCUT2D eigenvalue weighted by Gasteiger charge is -2.34. The molecule has 0 heterocycles. The van der Waals surface area contributed by atoms with E-state index in [1.165, 1.54) is 52.1 Å². The maximum atomic E-state index is 12.7. The standard InChI is InChI=1S/C23H34O4/c1-3-7-16-11-12-20(23-13-5-4-8-17(23)15-23)19(16)14-18(24)9-6-10-21(25)22(26)27-2/h3,7,16-17,19-20H,4-6,8-15H2,1-2H3/t16-,17?,19+,20-,23?/m0/s1. The fourth-order valence-electron chi connectivity index (χ4n) is 6.20. The molecule has 3 fully saturated rings. The van der Waals surface area contributed by atoms with Crippen LogP contribution in [0.1, 0.15) is 77.6 Å². The quantitative estimate of drug-likeness (QED) is 0.335. The zero-order chi connectivity index (χ0) is 19.4. The summed E-state index contributed by atoms with van der Waals surface area (Å²) in [7, 11) is 1.21. The SMILES string of the molecule is CC=C[C@H]1CC[C@H](C23CCCCC2C3)[C@@H]1CC(=O)CCCC(=O)C(=O)OC. The van der Waals surface area contributed by atoms with E-state index in [9.17, 15) is 14.4 Å². The van der Waals surface area contributed by atoms with Crippen molar-refractivity contribution in [2.45, 2.75) is 77.6 Å². The van der Waals surface area contributed by atoms with Crippen LogP contribution < -0.4 is 0 Å². The molecule has 3 aliphatic rings. The third-order valence-electron chi connectivity index (χ3n) is 7.52. The summed E-state index contributed by atoms with van der Waals surface area (Å²) in [5.41, 5.74) is 0.542. The number of carbonyl (C=O) groups excluding carboxylic acids is 3. The van der Waals surface area contributed by atoms with Gasteiger partial charge in [0, 0.05) is 19.3 Å². The average Bonchev–Trinajstić information content (AvgIpc) is 3.29. The number of hydrogen-bond acceptors (Lipinski definition) is 4. The predicted octanol–water partition coefficient (Wildman–Crippen LogP) is 4.66. The van der Waals surface area contributed by atoms with Gasteiger partial charge in [-0.25, -0.2) is 4.79 Å². The van der Waals surface area contributed by atoms with E-state index in [2.05, 4.69) is 23.8 Å². The third kappa shape index (κ3) is 4.35. The van der Waals surface area contributed by atoms with E-state index in [1.54, 1.807) is 0 Å². The summed E-state index contributed by atoms with van der Waals surface area (Å²) in [4.78, 5) is 35.4. The highest BCUT2D eigenvalue weighted by Crippen LogP contribution is 2.70. The molecule has 0 radical (unpaired) electrons. The van der Waals surface area contributed by atoms with Gasteiger partial charge in [0.1, 0.15) is 5.78 Å². The van der Waals surface area contributed by atoms with Gasteiger partial charge in [0.2, 0.25) is 5.78 Å². The van der Waals surface area contributed by atoms with Crippen LogP contribution >= 0.6 is 0 Å². The molecule has 3 rings (SSSR count). The molecule has 0 saturated heterocycles. The van der Waals surface area contributed by atoms with Gasteiger partial charge in [-0.3, -0.25) is 9.59 Å². The Kier molecular flexibility index (Phi) is 6.54. The molecule has 0 aromatic heterocycles. The van der Waals surface area contributed by atoms with Crippen LogP contribution in [0.2, 0.25) is 0 Å². The van der Waals surface area contributed by atoms with Crippen molar-refractivity contribution in [1.29, 1.82) is 0 Å². The topological polar surface area (TPSA) is 60.4 Å². The zero-order valence-electron chi connectivity index (χ0n) is 16.9. The molecule has 3 saturated carbocycles. The molecule has 27 heavy (non-hydrogen) atoms. The molecule has 0 bridgehead atoms. The Morgan fingerprint density at radius 2 is 1.93 bits per heavy atom. The Hall–Kier alpha value is -1.45. The van der Waals surface area contributed by atoms with Gasteiger partial charge in [0.15, 0.2) is 0 Å². The van der Waals surface area contributed by atoms with Gasteiger partial charge in [0.25, 0.3) is 0 Å². The lowest BCUT2D eigenvalue weighted by atomic mass is 9.71. The minimum Gasteiger partial charge on any atom is -0.463 e. The van der Waals surface area contributed by atoms with E-state index in [1.807, 2.05) is 0 Å². The summed E-state index contributed by atoms with van der Waals surface area (Å²) in [6.07, 6.45) is 15.4. The van der Waals surface area contributed by atoms with Gasteiger partial charge in [-0.2, -0.15) is 0 Å². The van der Waals surface area contributed by atoms with Crippen LogP contribution in [0.3, 0.4) is 0 Å². The molecular weight excluding hydrogens is 340 g/mol. The normalized spacial score (nSPS) is 35.0. The Morgan fingerprint density at radius 1 is 1.11 bits per heavy atom. The van der Waals surface area contributed by atoms with E-state index >= 15 is 0 Å². The second-order valence-electron chi connectivity index (χ2n) is 8.93. The number of hydrogen-bond donors (Lipinski definition) is 0. The molecule has 0 aliphatic heterocycles. The maximum Gasteiger partial charge on any atom is 0.374 e. The summed E-state index contributed by atoms with van der Waals surface area (Å²) >= 11 is 0. The second kappa shape index (κ2) is 8.70. The van der Waals surface area contributed by atoms with Crippen LogP contribution in [0.4, 0.5) is 0 Å². The van der Waals surface area contributed by atoms with Gasteiger partial charge in [0.05, 0.1) is 7.11 Å². The molecule has 0 aromatic carbocycles. The van der Waals surface area contributed by atoms with Gasteiger partial charge in [-0.15, -0.1) is 0 Å². The number of Topliss-reactive ketones (excluding diaryl/α,β-unsaturated/α-hetero) is 2. The number of rotatable bonds is 9. The third-order valence-corrected chi connectivity index (χ3v) is 7.52. The van der Waals surface area contributed by atoms with E-state index in [4.69, 9.17) is 0 Å². The Labute approximate surface area is 163 Å². The van der Waals surface area contributed by atoms with Crippen LogP contribution in [0.25, 0.3) is 0 Å². The maximum absolute atomic E-state index is 12.7. The van der Waals surface area contributed by atoms with Crippen molar-refractivity contribution in [2.24, 2.45) is 29.1 Å². The smallest absolute Gasteiger partial charge is 0.374 e. The summed E-state index contributed by atoms with van der Waals surface area (Å²) in [5, 5.41) is 0. The van der Waals surface area contributed by atoms with Crippen LogP contribution in [0.5, 0.6) is 0 Å². The lowest BCUT2D eigenvalue weighted by molar-refractivity contribution is -0.151. The van der Waals surface area contributed by atoms with Crippen molar-refractivity contribution in [3.05, 3.63) is 12.2 Å². The number of esters is 1. The predicted molar refractivity (Wildman–Crippen MR) is 104 cm³/mol. The molecule has 0 aromatic rings. The molecule has 5 atom stereocenters. The summed E-state index contributed by atoms with van der Waals surface area (Å²) in [6.45, 7) is 2.07. The average molecular weight is 375 g/mol. The molecule has 150 valence electrons. The highest BCUT2D eigenvalue weighted by molar-refractivity contribution is 6.33. The monoisotopic (exact) mass is 374 g/mol. The number of allylic oxidation sites excluding steroid dienone is 2. The number of fused-ring (bicyclic) bond motifs is 1. The zero-order valence-corrected chi connectivity index (χ0v) is 16.9. The van der Waals surface area contributed by atoms with E-state index in [0.29, 0.717) is 42.4 Å². The van der Waals surface area contributed by atoms with Gasteiger partial charge >= 0.3 is 5.97 Å². The van der Waals surface area contributed by atoms with Gasteiger partial charge < -0.3 is 4.74 Å². The van der Waals surface area contributed by atoms with Crippen molar-refractivity contribution in [3.63, 3.8) is 0 Å². The minimum absolute atomic E-state index is 0.108. The van der Waals surface area contributed by atoms with Crippen LogP contribution in [0, 0.1) is 29.1 Å². The first-order chi connectivity index (χ1) is 13.0. The second-order valence-corrected chi connectivity index (χ2v) is 8.93. The largest absolute Gasteiger partial charge is 0.463 e. The summed E-state index contributed by atoms with van der Waals surface area (Å²) in [5.74, 6) is 1.52. The van der Waals surface area contributed by atoms with E-state index in [0.717, 1.165) is 5.92 Å². The first-order valence-corrected chi connectivity index (χ1v) is 10.8. The van der Waals surface area contributed by atoms with Crippen LogP contribution in [-0.2, 0) is 19.1 Å². The fourth-order valence-corrected chi connectivity index (χ4v) is 6.20. The summed E-state index contributed by atoms with van der Waals surface area (Å²) < 4.78 is 4.43. The molecule has 0 amide bonds. The molecule has 0 N–H and O–H groups in total. The van der Waals surface area contributed by atoms with Crippen molar-refractivity contribution < 1.29 is 19.1 Å². The first kappa shape index (κ1) is 20.3. The van der Waals surface area contributed by atoms with E-state index in [-0.39, 0.29) is 12.2 Å². The summed E-state index contributed by atoms with van der Waals surface area (Å²) in [6, 6.07) is 0. The Morgan fingerprint density at radius 3 is 2.63 bits per heavy atom. The first-order valence-electron chi connectivity index (χ1n) is 10.8. The number of ketones is 2. The highest BCUT2D eigenvalue weighted by atomic mass is 16.5. The van der Waals surface area contributed by atoms with Crippen LogP contribution in [0.15, 0.2) is 12.2 Å². The van der Waals surface area contributed by atoms with Crippen LogP contribution in [-0.4, -0.2) is 24.6 Å². The lowest BCUT2D eigenvalue weighted by Crippen LogP contribution is -2.28. The van der Waals surface area contributed by atoms with Crippen molar-refractivity contribution in [2.75, 3.05) is 7.11 Å².